The Morgan fingerprint density at radius 3 is 2.75 bits per heavy atom. The lowest BCUT2D eigenvalue weighted by Crippen LogP contribution is -2.52. The minimum absolute atomic E-state index is 0.323. The minimum atomic E-state index is 0.323. The molecule has 1 aliphatic heterocycles. The summed E-state index contributed by atoms with van der Waals surface area (Å²) in [5.74, 6) is 2.23. The van der Waals surface area contributed by atoms with E-state index < -0.39 is 0 Å². The molecule has 1 fully saturated rings. The van der Waals surface area contributed by atoms with Crippen LogP contribution in [-0.2, 0) is 0 Å². The number of nitrogens with one attached hydrogen (secondary N) is 1. The van der Waals surface area contributed by atoms with Gasteiger partial charge in [-0.15, -0.1) is 0 Å². The van der Waals surface area contributed by atoms with Gasteiger partial charge in [-0.2, -0.15) is 11.8 Å². The van der Waals surface area contributed by atoms with Gasteiger partial charge in [-0.25, -0.2) is 0 Å². The Balaban J connectivity index is 2.40. The molecule has 0 aromatic rings. The molecule has 0 radical (unpaired) electrons. The van der Waals surface area contributed by atoms with Crippen molar-refractivity contribution in [3.05, 3.63) is 0 Å². The van der Waals surface area contributed by atoms with Crippen molar-refractivity contribution < 1.29 is 0 Å². The van der Waals surface area contributed by atoms with Crippen LogP contribution in [0.15, 0.2) is 4.99 Å². The third kappa shape index (κ3) is 5.52. The van der Waals surface area contributed by atoms with E-state index in [0.717, 1.165) is 32.1 Å². The van der Waals surface area contributed by atoms with Crippen LogP contribution in [0.25, 0.3) is 0 Å². The van der Waals surface area contributed by atoms with Crippen molar-refractivity contribution in [3.63, 3.8) is 0 Å². The Bertz CT molecular complexity index is 317. The van der Waals surface area contributed by atoms with E-state index in [9.17, 15) is 0 Å². The molecule has 1 N–H and O–H groups in total. The molecule has 1 saturated heterocycles. The zero-order chi connectivity index (χ0) is 15.2. The van der Waals surface area contributed by atoms with E-state index in [1.165, 1.54) is 12.2 Å². The Morgan fingerprint density at radius 2 is 2.20 bits per heavy atom. The van der Waals surface area contributed by atoms with Crippen molar-refractivity contribution in [2.45, 2.75) is 44.9 Å². The molecule has 0 aromatic carbocycles. The molecule has 4 nitrogen and oxygen atoms in total. The van der Waals surface area contributed by atoms with E-state index in [1.807, 2.05) is 7.05 Å². The predicted molar refractivity (Wildman–Crippen MR) is 91.9 cm³/mol. The summed E-state index contributed by atoms with van der Waals surface area (Å²) in [5, 5.41) is 3.51. The van der Waals surface area contributed by atoms with E-state index in [0.29, 0.717) is 10.8 Å². The third-order valence-electron chi connectivity index (χ3n) is 4.03. The molecule has 0 spiro atoms. The highest BCUT2D eigenvalue weighted by atomic mass is 32.2. The molecule has 20 heavy (non-hydrogen) atoms. The maximum atomic E-state index is 4.44. The summed E-state index contributed by atoms with van der Waals surface area (Å²) in [6.45, 7) is 13.3. The second-order valence-corrected chi connectivity index (χ2v) is 8.04. The summed E-state index contributed by atoms with van der Waals surface area (Å²) in [7, 11) is 4.08. The quantitative estimate of drug-likeness (QED) is 0.622. The van der Waals surface area contributed by atoms with Gasteiger partial charge in [0.15, 0.2) is 5.96 Å². The molecular formula is C15H32N4S. The number of rotatable bonds is 5. The van der Waals surface area contributed by atoms with Gasteiger partial charge < -0.3 is 15.1 Å². The van der Waals surface area contributed by atoms with Crippen LogP contribution in [0.2, 0.25) is 0 Å². The average Bonchev–Trinajstić information content (AvgIpc) is 2.41. The highest BCUT2D eigenvalue weighted by Gasteiger charge is 2.28. The number of likely N-dealkylation sites (N-methyl/N-ethyl adjacent to an activating group) is 1. The van der Waals surface area contributed by atoms with Crippen LogP contribution in [0.3, 0.4) is 0 Å². The van der Waals surface area contributed by atoms with Crippen molar-refractivity contribution in [2.75, 3.05) is 46.0 Å². The molecule has 1 aliphatic rings. The summed E-state index contributed by atoms with van der Waals surface area (Å²) in [5.41, 5.74) is 0. The Hall–Kier alpha value is -0.420. The summed E-state index contributed by atoms with van der Waals surface area (Å²) >= 11 is 2.05. The van der Waals surface area contributed by atoms with Crippen molar-refractivity contribution >= 4 is 17.7 Å². The highest BCUT2D eigenvalue weighted by Crippen LogP contribution is 2.29. The van der Waals surface area contributed by atoms with Crippen molar-refractivity contribution in [1.82, 2.24) is 15.1 Å². The summed E-state index contributed by atoms with van der Waals surface area (Å²) in [4.78, 5) is 9.23. The standard InChI is InChI=1S/C15H32N4S/c1-7-13(2)18(6)9-8-17-14(16-5)19-10-11-20-15(3,4)12-19/h13H,7-12H2,1-6H3,(H,16,17). The van der Waals surface area contributed by atoms with Gasteiger partial charge in [0.25, 0.3) is 0 Å². The second-order valence-electron chi connectivity index (χ2n) is 6.24. The first-order chi connectivity index (χ1) is 9.39. The summed E-state index contributed by atoms with van der Waals surface area (Å²) in [6, 6.07) is 0.643. The maximum absolute atomic E-state index is 4.44. The molecule has 118 valence electrons. The Morgan fingerprint density at radius 1 is 1.50 bits per heavy atom. The minimum Gasteiger partial charge on any atom is -0.355 e. The smallest absolute Gasteiger partial charge is 0.193 e. The first kappa shape index (κ1) is 17.6. The second kappa shape index (κ2) is 8.13. The van der Waals surface area contributed by atoms with Crippen LogP contribution in [0.5, 0.6) is 0 Å². The first-order valence-corrected chi connectivity index (χ1v) is 8.68. The molecule has 0 aromatic heterocycles. The Kier molecular flexibility index (Phi) is 7.17. The number of nitrogens with zero attached hydrogens (tertiary/aromatic N) is 3. The lowest BCUT2D eigenvalue weighted by molar-refractivity contribution is 0.254. The van der Waals surface area contributed by atoms with Crippen LogP contribution in [-0.4, -0.2) is 72.6 Å². The topological polar surface area (TPSA) is 30.9 Å². The number of aliphatic imine (C=N–C) groups is 1. The van der Waals surface area contributed by atoms with Gasteiger partial charge >= 0.3 is 0 Å². The largest absolute Gasteiger partial charge is 0.355 e. The van der Waals surface area contributed by atoms with E-state index >= 15 is 0 Å². The zero-order valence-electron chi connectivity index (χ0n) is 14.1. The predicted octanol–water partition coefficient (Wildman–Crippen LogP) is 2.12. The average molecular weight is 301 g/mol. The number of guanidine groups is 1. The molecule has 0 aliphatic carbocycles. The molecule has 0 amide bonds. The molecular weight excluding hydrogens is 268 g/mol. The zero-order valence-corrected chi connectivity index (χ0v) is 14.9. The molecule has 5 heteroatoms. The fourth-order valence-corrected chi connectivity index (χ4v) is 3.52. The molecule has 0 bridgehead atoms. The van der Waals surface area contributed by atoms with Crippen LogP contribution in [0, 0.1) is 0 Å². The first-order valence-electron chi connectivity index (χ1n) is 7.69. The van der Waals surface area contributed by atoms with Crippen LogP contribution < -0.4 is 5.32 Å². The maximum Gasteiger partial charge on any atom is 0.193 e. The van der Waals surface area contributed by atoms with E-state index in [1.54, 1.807) is 0 Å². The highest BCUT2D eigenvalue weighted by molar-refractivity contribution is 8.00. The van der Waals surface area contributed by atoms with Crippen molar-refractivity contribution in [2.24, 2.45) is 4.99 Å². The van der Waals surface area contributed by atoms with Gasteiger partial charge in [0, 0.05) is 49.8 Å². The number of hydrogen-bond acceptors (Lipinski definition) is 3. The lowest BCUT2D eigenvalue weighted by Gasteiger charge is -2.39. The monoisotopic (exact) mass is 300 g/mol. The molecule has 0 saturated carbocycles. The molecule has 1 heterocycles. The van der Waals surface area contributed by atoms with Crippen molar-refractivity contribution in [1.29, 1.82) is 0 Å². The van der Waals surface area contributed by atoms with Gasteiger partial charge in [0.2, 0.25) is 0 Å². The van der Waals surface area contributed by atoms with Gasteiger partial charge in [0.05, 0.1) is 0 Å². The van der Waals surface area contributed by atoms with E-state index in [4.69, 9.17) is 0 Å². The summed E-state index contributed by atoms with van der Waals surface area (Å²) < 4.78 is 0.323. The van der Waals surface area contributed by atoms with Crippen LogP contribution in [0.1, 0.15) is 34.1 Å². The molecule has 1 unspecified atom stereocenters. The van der Waals surface area contributed by atoms with Gasteiger partial charge in [-0.05, 0) is 34.2 Å². The SMILES string of the molecule is CCC(C)N(C)CCNC(=NC)N1CCSC(C)(C)C1. The fraction of sp³-hybridized carbons (Fsp3) is 0.933. The fourth-order valence-electron chi connectivity index (χ4n) is 2.41. The van der Waals surface area contributed by atoms with E-state index in [-0.39, 0.29) is 0 Å². The van der Waals surface area contributed by atoms with Crippen molar-refractivity contribution in [3.8, 4) is 0 Å². The van der Waals surface area contributed by atoms with E-state index in [2.05, 4.69) is 66.6 Å². The number of hydrogen-bond donors (Lipinski definition) is 1. The van der Waals surface area contributed by atoms with Gasteiger partial charge in [0.1, 0.15) is 0 Å². The van der Waals surface area contributed by atoms with Crippen LogP contribution in [0.4, 0.5) is 0 Å². The third-order valence-corrected chi connectivity index (χ3v) is 5.33. The number of thioether (sulfide) groups is 1. The van der Waals surface area contributed by atoms with Gasteiger partial charge in [-0.1, -0.05) is 6.92 Å². The normalized spacial score (nSPS) is 21.1. The summed E-state index contributed by atoms with van der Waals surface area (Å²) in [6.07, 6.45) is 1.20. The Labute approximate surface area is 129 Å². The molecule has 1 atom stereocenters. The molecule has 1 rings (SSSR count). The van der Waals surface area contributed by atoms with Gasteiger partial charge in [-0.3, -0.25) is 4.99 Å². The van der Waals surface area contributed by atoms with Crippen LogP contribution >= 0.6 is 11.8 Å². The lowest BCUT2D eigenvalue weighted by atomic mass is 10.2.